The quantitative estimate of drug-likeness (QED) is 0.433. The molecule has 1 saturated carbocycles. The van der Waals surface area contributed by atoms with E-state index in [9.17, 15) is 0 Å². The number of fused-ring (bicyclic) bond motifs is 1. The Balaban J connectivity index is 1.56. The number of hydrogen-bond donors (Lipinski definition) is 0. The van der Waals surface area contributed by atoms with Crippen LogP contribution in [0.5, 0.6) is 0 Å². The highest BCUT2D eigenvalue weighted by atomic mass is 35.5. The van der Waals surface area contributed by atoms with Crippen molar-refractivity contribution in [2.75, 3.05) is 12.4 Å². The van der Waals surface area contributed by atoms with Crippen LogP contribution < -0.4 is 0 Å². The van der Waals surface area contributed by atoms with E-state index < -0.39 is 8.32 Å². The molecule has 1 atom stereocenters. The van der Waals surface area contributed by atoms with Crippen LogP contribution in [0.3, 0.4) is 0 Å². The molecule has 0 radical (unpaired) electrons. The molecule has 3 heterocycles. The lowest BCUT2D eigenvalue weighted by atomic mass is 9.96. The molecule has 4 rings (SSSR count). The van der Waals surface area contributed by atoms with E-state index in [1.807, 2.05) is 24.0 Å². The van der Waals surface area contributed by atoms with Crippen molar-refractivity contribution in [2.24, 2.45) is 0 Å². The number of hydrogen-bond acceptors (Lipinski definition) is 5. The van der Waals surface area contributed by atoms with Gasteiger partial charge in [0.25, 0.3) is 0 Å². The summed E-state index contributed by atoms with van der Waals surface area (Å²) in [7, 11) is -1.78. The van der Waals surface area contributed by atoms with Crippen molar-refractivity contribution >= 4 is 31.7 Å². The van der Waals surface area contributed by atoms with Crippen LogP contribution in [0.25, 0.3) is 0 Å². The van der Waals surface area contributed by atoms with Crippen LogP contribution in [0.2, 0.25) is 23.3 Å². The standard InChI is InChI=1S/C22H33ClN4OSSi/c1-20(2,3)30(5,6)28-15-21(4)13-18-25-26-19(27(18)11-12-29-21)22(9-10-22)16-7-8-17(23)24-14-16/h7-8,14H,9-13,15H2,1-6H3/t21-/m1/s1. The lowest BCUT2D eigenvalue weighted by molar-refractivity contribution is 0.252. The van der Waals surface area contributed by atoms with Crippen molar-refractivity contribution in [2.45, 2.75) is 81.8 Å². The number of halogens is 1. The van der Waals surface area contributed by atoms with Crippen LogP contribution in [-0.2, 0) is 22.8 Å². The molecule has 0 aromatic carbocycles. The second-order valence-corrected chi connectivity index (χ2v) is 17.4. The first-order valence-corrected chi connectivity index (χ1v) is 15.1. The summed E-state index contributed by atoms with van der Waals surface area (Å²) in [5.74, 6) is 3.23. The third-order valence-corrected chi connectivity index (χ3v) is 13.2. The van der Waals surface area contributed by atoms with Crippen LogP contribution in [0.4, 0.5) is 0 Å². The summed E-state index contributed by atoms with van der Waals surface area (Å²) in [6.07, 6.45) is 4.97. The predicted molar refractivity (Wildman–Crippen MR) is 127 cm³/mol. The van der Waals surface area contributed by atoms with Crippen LogP contribution in [0.1, 0.15) is 57.7 Å². The first-order chi connectivity index (χ1) is 14.0. The molecule has 2 aliphatic rings. The van der Waals surface area contributed by atoms with Gasteiger partial charge in [-0.25, -0.2) is 4.98 Å². The summed E-state index contributed by atoms with van der Waals surface area (Å²) in [4.78, 5) is 4.31. The van der Waals surface area contributed by atoms with Crippen molar-refractivity contribution in [3.05, 3.63) is 40.7 Å². The fraction of sp³-hybridized carbons (Fsp3) is 0.682. The maximum atomic E-state index is 6.61. The van der Waals surface area contributed by atoms with E-state index >= 15 is 0 Å². The van der Waals surface area contributed by atoms with E-state index in [4.69, 9.17) is 21.1 Å². The van der Waals surface area contributed by atoms with Crippen LogP contribution in [0, 0.1) is 0 Å². The summed E-state index contributed by atoms with van der Waals surface area (Å²) in [5.41, 5.74) is 1.15. The molecule has 30 heavy (non-hydrogen) atoms. The smallest absolute Gasteiger partial charge is 0.192 e. The van der Waals surface area contributed by atoms with Gasteiger partial charge >= 0.3 is 0 Å². The third-order valence-electron chi connectivity index (χ3n) is 7.13. The van der Waals surface area contributed by atoms with Gasteiger partial charge in [-0.1, -0.05) is 38.4 Å². The Morgan fingerprint density at radius 3 is 2.57 bits per heavy atom. The van der Waals surface area contributed by atoms with E-state index in [0.717, 1.165) is 49.8 Å². The van der Waals surface area contributed by atoms with Crippen molar-refractivity contribution in [3.8, 4) is 0 Å². The average molecular weight is 465 g/mol. The maximum absolute atomic E-state index is 6.61. The Morgan fingerprint density at radius 1 is 1.23 bits per heavy atom. The van der Waals surface area contributed by atoms with Gasteiger partial charge in [0.2, 0.25) is 0 Å². The Bertz CT molecular complexity index is 920. The van der Waals surface area contributed by atoms with Crippen molar-refractivity contribution < 1.29 is 4.43 Å². The zero-order valence-electron chi connectivity index (χ0n) is 19.0. The van der Waals surface area contributed by atoms with E-state index in [-0.39, 0.29) is 15.2 Å². The van der Waals surface area contributed by atoms with Gasteiger partial charge in [0.15, 0.2) is 8.32 Å². The van der Waals surface area contributed by atoms with Crippen LogP contribution in [-0.4, -0.2) is 45.2 Å². The van der Waals surface area contributed by atoms with Crippen molar-refractivity contribution in [3.63, 3.8) is 0 Å². The van der Waals surface area contributed by atoms with E-state index in [2.05, 4.69) is 61.5 Å². The van der Waals surface area contributed by atoms with Gasteiger partial charge in [0.05, 0.1) is 5.41 Å². The first-order valence-electron chi connectivity index (χ1n) is 10.8. The van der Waals surface area contributed by atoms with E-state index in [1.54, 1.807) is 0 Å². The number of nitrogens with zero attached hydrogens (tertiary/aromatic N) is 4. The molecular weight excluding hydrogens is 432 g/mol. The number of rotatable bonds is 5. The molecule has 1 fully saturated rings. The topological polar surface area (TPSA) is 52.8 Å². The monoisotopic (exact) mass is 464 g/mol. The average Bonchev–Trinajstić information content (AvgIpc) is 3.40. The Kier molecular flexibility index (Phi) is 5.66. The molecule has 0 amide bonds. The molecule has 0 spiro atoms. The van der Waals surface area contributed by atoms with E-state index in [1.165, 1.54) is 5.56 Å². The molecule has 0 bridgehead atoms. The van der Waals surface area contributed by atoms with Crippen molar-refractivity contribution in [1.82, 2.24) is 19.7 Å². The second kappa shape index (κ2) is 7.61. The fourth-order valence-electron chi connectivity index (χ4n) is 3.89. The number of pyridine rings is 1. The molecule has 8 heteroatoms. The second-order valence-electron chi connectivity index (χ2n) is 10.6. The zero-order valence-corrected chi connectivity index (χ0v) is 21.5. The lowest BCUT2D eigenvalue weighted by Gasteiger charge is -2.39. The highest BCUT2D eigenvalue weighted by molar-refractivity contribution is 8.00. The summed E-state index contributed by atoms with van der Waals surface area (Å²) >= 11 is 8.02. The molecule has 0 saturated heterocycles. The normalized spacial score (nSPS) is 23.7. The fourth-order valence-corrected chi connectivity index (χ4v) is 6.36. The van der Waals surface area contributed by atoms with Crippen LogP contribution >= 0.6 is 23.4 Å². The van der Waals surface area contributed by atoms with Gasteiger partial charge < -0.3 is 8.99 Å². The molecule has 0 N–H and O–H groups in total. The van der Waals surface area contributed by atoms with Crippen molar-refractivity contribution in [1.29, 1.82) is 0 Å². The van der Waals surface area contributed by atoms with Gasteiger partial charge in [-0.2, -0.15) is 11.8 Å². The molecule has 5 nitrogen and oxygen atoms in total. The molecule has 2 aromatic rings. The minimum atomic E-state index is -1.78. The Hall–Kier alpha value is -0.893. The van der Waals surface area contributed by atoms with Gasteiger partial charge in [-0.05, 0) is 49.5 Å². The van der Waals surface area contributed by atoms with Gasteiger partial charge in [0, 0.05) is 36.3 Å². The number of thioether (sulfide) groups is 1. The van der Waals surface area contributed by atoms with Crippen LogP contribution in [0.15, 0.2) is 18.3 Å². The Labute approximate surface area is 190 Å². The SMILES string of the molecule is CC(C)(C)[Si](C)(C)OC[C@@]1(C)Cc2nnc(C3(c4ccc(Cl)nc4)CC3)n2CCS1. The summed E-state index contributed by atoms with van der Waals surface area (Å²) in [6, 6.07) is 3.97. The minimum Gasteiger partial charge on any atom is -0.415 e. The maximum Gasteiger partial charge on any atom is 0.192 e. The molecular formula is C22H33ClN4OSSi. The molecule has 0 unspecified atom stereocenters. The van der Waals surface area contributed by atoms with Gasteiger partial charge in [0.1, 0.15) is 16.8 Å². The van der Waals surface area contributed by atoms with E-state index in [0.29, 0.717) is 5.15 Å². The largest absolute Gasteiger partial charge is 0.415 e. The minimum absolute atomic E-state index is 0.0205. The zero-order chi connectivity index (χ0) is 21.8. The van der Waals surface area contributed by atoms with Gasteiger partial charge in [-0.15, -0.1) is 10.2 Å². The predicted octanol–water partition coefficient (Wildman–Crippen LogP) is 5.48. The molecule has 164 valence electrons. The highest BCUT2D eigenvalue weighted by Gasteiger charge is 2.51. The molecule has 2 aromatic heterocycles. The van der Waals surface area contributed by atoms with Gasteiger partial charge in [-0.3, -0.25) is 0 Å². The highest BCUT2D eigenvalue weighted by Crippen LogP contribution is 2.53. The third kappa shape index (κ3) is 4.10. The lowest BCUT2D eigenvalue weighted by Crippen LogP contribution is -2.45. The summed E-state index contributed by atoms with van der Waals surface area (Å²) in [6.45, 7) is 15.6. The summed E-state index contributed by atoms with van der Waals surface area (Å²) in [5, 5.41) is 10.1. The summed E-state index contributed by atoms with van der Waals surface area (Å²) < 4.78 is 9.00. The Morgan fingerprint density at radius 2 is 1.97 bits per heavy atom. The number of aromatic nitrogens is 4. The molecule has 1 aliphatic carbocycles. The molecule has 1 aliphatic heterocycles. The first kappa shape index (κ1) is 22.3.